The lowest BCUT2D eigenvalue weighted by atomic mass is 10.1. The highest BCUT2D eigenvalue weighted by atomic mass is 16.6. The monoisotopic (exact) mass is 264 g/mol. The van der Waals surface area contributed by atoms with E-state index in [0.29, 0.717) is 19.4 Å². The fourth-order valence-corrected chi connectivity index (χ4v) is 1.47. The highest BCUT2D eigenvalue weighted by Crippen LogP contribution is 2.05. The zero-order valence-electron chi connectivity index (χ0n) is 11.4. The van der Waals surface area contributed by atoms with Gasteiger partial charge in [0, 0.05) is 6.42 Å². The second-order valence-corrected chi connectivity index (χ2v) is 4.22. The van der Waals surface area contributed by atoms with Gasteiger partial charge in [-0.25, -0.2) is 5.48 Å². The third-order valence-corrected chi connectivity index (χ3v) is 2.54. The maximum atomic E-state index is 11.5. The van der Waals surface area contributed by atoms with Crippen molar-refractivity contribution in [2.75, 3.05) is 13.2 Å². The Morgan fingerprint density at radius 1 is 1.16 bits per heavy atom. The maximum Gasteiger partial charge on any atom is 0.262 e. The van der Waals surface area contributed by atoms with Gasteiger partial charge in [0.05, 0.1) is 13.2 Å². The van der Waals surface area contributed by atoms with E-state index in [9.17, 15) is 9.59 Å². The smallest absolute Gasteiger partial charge is 0.262 e. The van der Waals surface area contributed by atoms with Crippen LogP contribution in [0.1, 0.15) is 24.5 Å². The molecule has 0 aliphatic heterocycles. The van der Waals surface area contributed by atoms with Crippen molar-refractivity contribution in [3.05, 3.63) is 35.4 Å². The van der Waals surface area contributed by atoms with Gasteiger partial charge in [0.2, 0.25) is 5.91 Å². The second kappa shape index (κ2) is 8.26. The van der Waals surface area contributed by atoms with E-state index < -0.39 is 0 Å². The fraction of sp³-hybridized carbons (Fsp3) is 0.429. The summed E-state index contributed by atoms with van der Waals surface area (Å²) >= 11 is 0. The van der Waals surface area contributed by atoms with Crippen LogP contribution in [0.4, 0.5) is 0 Å². The lowest BCUT2D eigenvalue weighted by Gasteiger charge is -2.06. The molecule has 104 valence electrons. The summed E-state index contributed by atoms with van der Waals surface area (Å²) in [6.45, 7) is 4.12. The van der Waals surface area contributed by atoms with Crippen molar-refractivity contribution in [1.29, 1.82) is 0 Å². The van der Waals surface area contributed by atoms with Gasteiger partial charge in [-0.3, -0.25) is 14.4 Å². The maximum absolute atomic E-state index is 11.5. The number of nitrogens with one attached hydrogen (secondary N) is 2. The number of benzene rings is 1. The summed E-state index contributed by atoms with van der Waals surface area (Å²) in [4.78, 5) is 27.4. The first-order valence-electron chi connectivity index (χ1n) is 6.34. The molecule has 1 aromatic carbocycles. The summed E-state index contributed by atoms with van der Waals surface area (Å²) in [5.74, 6) is -0.502. The van der Waals surface area contributed by atoms with Crippen LogP contribution in [-0.4, -0.2) is 25.0 Å². The number of rotatable bonds is 7. The van der Waals surface area contributed by atoms with Gasteiger partial charge >= 0.3 is 0 Å². The van der Waals surface area contributed by atoms with Crippen LogP contribution < -0.4 is 10.8 Å². The molecule has 0 fully saturated rings. The molecule has 0 bridgehead atoms. The van der Waals surface area contributed by atoms with Crippen LogP contribution in [0.25, 0.3) is 0 Å². The Kier molecular flexibility index (Phi) is 6.60. The highest BCUT2D eigenvalue weighted by Gasteiger charge is 2.05. The molecule has 1 rings (SSSR count). The van der Waals surface area contributed by atoms with Gasteiger partial charge in [-0.15, -0.1) is 0 Å². The molecular weight excluding hydrogens is 244 g/mol. The van der Waals surface area contributed by atoms with Gasteiger partial charge in [0.25, 0.3) is 5.91 Å². The fourth-order valence-electron chi connectivity index (χ4n) is 1.47. The van der Waals surface area contributed by atoms with E-state index in [0.717, 1.165) is 5.56 Å². The third-order valence-electron chi connectivity index (χ3n) is 2.54. The molecule has 5 heteroatoms. The SMILES string of the molecule is CCONC(=O)CNC(=O)CCc1ccc(C)cc1. The molecule has 0 aliphatic rings. The molecule has 1 aromatic rings. The van der Waals surface area contributed by atoms with Crippen LogP contribution in [-0.2, 0) is 20.8 Å². The molecular formula is C14H20N2O3. The highest BCUT2D eigenvalue weighted by molar-refractivity contribution is 5.84. The number of carbonyl (C=O) groups is 2. The van der Waals surface area contributed by atoms with Crippen molar-refractivity contribution in [2.45, 2.75) is 26.7 Å². The minimum Gasteiger partial charge on any atom is -0.347 e. The summed E-state index contributed by atoms with van der Waals surface area (Å²) in [5.41, 5.74) is 4.52. The molecule has 0 aliphatic carbocycles. The Morgan fingerprint density at radius 2 is 1.84 bits per heavy atom. The molecule has 0 heterocycles. The Labute approximate surface area is 113 Å². The van der Waals surface area contributed by atoms with Crippen LogP contribution in [0.3, 0.4) is 0 Å². The molecule has 0 saturated carbocycles. The largest absolute Gasteiger partial charge is 0.347 e. The molecule has 5 nitrogen and oxygen atoms in total. The molecule has 0 unspecified atom stereocenters. The van der Waals surface area contributed by atoms with Crippen molar-refractivity contribution in [2.24, 2.45) is 0 Å². The molecule has 0 radical (unpaired) electrons. The number of aryl methyl sites for hydroxylation is 2. The van der Waals surface area contributed by atoms with Crippen LogP contribution in [0, 0.1) is 6.92 Å². The van der Waals surface area contributed by atoms with Crippen LogP contribution in [0.5, 0.6) is 0 Å². The molecule has 2 N–H and O–H groups in total. The van der Waals surface area contributed by atoms with Crippen molar-refractivity contribution in [1.82, 2.24) is 10.8 Å². The first kappa shape index (κ1) is 15.2. The Morgan fingerprint density at radius 3 is 2.47 bits per heavy atom. The van der Waals surface area contributed by atoms with Gasteiger partial charge in [0.1, 0.15) is 0 Å². The van der Waals surface area contributed by atoms with Gasteiger partial charge in [-0.05, 0) is 25.8 Å². The van der Waals surface area contributed by atoms with Gasteiger partial charge in [-0.1, -0.05) is 29.8 Å². The molecule has 0 aromatic heterocycles. The zero-order chi connectivity index (χ0) is 14.1. The lowest BCUT2D eigenvalue weighted by molar-refractivity contribution is -0.134. The van der Waals surface area contributed by atoms with E-state index in [2.05, 4.69) is 10.8 Å². The normalized spacial score (nSPS) is 10.0. The van der Waals surface area contributed by atoms with Crippen molar-refractivity contribution in [3.8, 4) is 0 Å². The van der Waals surface area contributed by atoms with Gasteiger partial charge in [0.15, 0.2) is 0 Å². The molecule has 0 saturated heterocycles. The summed E-state index contributed by atoms with van der Waals surface area (Å²) in [6, 6.07) is 8.04. The molecule has 2 amide bonds. The Bertz CT molecular complexity index is 415. The first-order chi connectivity index (χ1) is 9.11. The van der Waals surface area contributed by atoms with E-state index in [1.807, 2.05) is 31.2 Å². The van der Waals surface area contributed by atoms with Crippen molar-refractivity contribution >= 4 is 11.8 Å². The average molecular weight is 264 g/mol. The molecule has 0 atom stereocenters. The molecule has 0 spiro atoms. The minimum atomic E-state index is -0.356. The number of hydrogen-bond donors (Lipinski definition) is 2. The lowest BCUT2D eigenvalue weighted by Crippen LogP contribution is -2.36. The summed E-state index contributed by atoms with van der Waals surface area (Å²) in [5, 5.41) is 2.54. The first-order valence-corrected chi connectivity index (χ1v) is 6.34. The average Bonchev–Trinajstić information content (AvgIpc) is 2.42. The predicted octanol–water partition coefficient (Wildman–Crippen LogP) is 1.11. The molecule has 19 heavy (non-hydrogen) atoms. The minimum absolute atomic E-state index is 0.0628. The van der Waals surface area contributed by atoms with Gasteiger partial charge in [-0.2, -0.15) is 0 Å². The van der Waals surface area contributed by atoms with E-state index in [-0.39, 0.29) is 18.4 Å². The number of hydroxylamine groups is 1. The van der Waals surface area contributed by atoms with E-state index >= 15 is 0 Å². The third kappa shape index (κ3) is 6.57. The van der Waals surface area contributed by atoms with Crippen LogP contribution in [0.15, 0.2) is 24.3 Å². The summed E-state index contributed by atoms with van der Waals surface area (Å²) in [6.07, 6.45) is 1.03. The van der Waals surface area contributed by atoms with Crippen LogP contribution in [0.2, 0.25) is 0 Å². The van der Waals surface area contributed by atoms with Gasteiger partial charge < -0.3 is 5.32 Å². The summed E-state index contributed by atoms with van der Waals surface area (Å²) < 4.78 is 0. The topological polar surface area (TPSA) is 67.4 Å². The quantitative estimate of drug-likeness (QED) is 0.725. The van der Waals surface area contributed by atoms with E-state index in [1.165, 1.54) is 5.56 Å². The number of amides is 2. The van der Waals surface area contributed by atoms with Crippen molar-refractivity contribution in [3.63, 3.8) is 0 Å². The van der Waals surface area contributed by atoms with E-state index in [1.54, 1.807) is 6.92 Å². The Hall–Kier alpha value is -1.88. The van der Waals surface area contributed by atoms with Crippen molar-refractivity contribution < 1.29 is 14.4 Å². The summed E-state index contributed by atoms with van der Waals surface area (Å²) in [7, 11) is 0. The number of carbonyl (C=O) groups excluding carboxylic acids is 2. The van der Waals surface area contributed by atoms with E-state index in [4.69, 9.17) is 4.84 Å². The standard InChI is InChI=1S/C14H20N2O3/c1-3-19-16-14(18)10-15-13(17)9-8-12-6-4-11(2)5-7-12/h4-7H,3,8-10H2,1-2H3,(H,15,17)(H,16,18). The predicted molar refractivity (Wildman–Crippen MR) is 72.3 cm³/mol. The zero-order valence-corrected chi connectivity index (χ0v) is 11.4. The Balaban J connectivity index is 2.21. The second-order valence-electron chi connectivity index (χ2n) is 4.22. The number of hydrogen-bond acceptors (Lipinski definition) is 3. The van der Waals surface area contributed by atoms with Crippen LogP contribution >= 0.6 is 0 Å².